The van der Waals surface area contributed by atoms with E-state index in [4.69, 9.17) is 4.74 Å². The zero-order valence-electron chi connectivity index (χ0n) is 19.7. The van der Waals surface area contributed by atoms with E-state index in [-0.39, 0.29) is 6.54 Å². The van der Waals surface area contributed by atoms with E-state index in [1.165, 1.54) is 12.0 Å². The van der Waals surface area contributed by atoms with Crippen molar-refractivity contribution >= 4 is 11.7 Å². The number of carbonyl (C=O) groups is 1. The van der Waals surface area contributed by atoms with Crippen LogP contribution >= 0.6 is 0 Å². The third kappa shape index (κ3) is 5.49. The molecule has 0 aliphatic heterocycles. The Labute approximate surface area is 196 Å². The summed E-state index contributed by atoms with van der Waals surface area (Å²) in [6, 6.07) is 4.05. The smallest absolute Gasteiger partial charge is 0.412 e. The number of allylic oxidation sites excluding steroid dienone is 1. The van der Waals surface area contributed by atoms with Gasteiger partial charge in [-0.05, 0) is 39.3 Å². The van der Waals surface area contributed by atoms with Crippen molar-refractivity contribution in [2.24, 2.45) is 0 Å². The molecule has 1 aromatic carbocycles. The first-order valence-corrected chi connectivity index (χ1v) is 10.8. The number of ether oxygens (including phenoxy) is 1. The van der Waals surface area contributed by atoms with Gasteiger partial charge in [0.2, 0.25) is 0 Å². The number of nitrogens with one attached hydrogen (secondary N) is 1. The van der Waals surface area contributed by atoms with E-state index in [9.17, 15) is 18.0 Å². The predicted octanol–water partition coefficient (Wildman–Crippen LogP) is 5.39. The molecule has 34 heavy (non-hydrogen) atoms. The molecule has 3 rings (SSSR count). The van der Waals surface area contributed by atoms with Crippen LogP contribution < -0.4 is 10.1 Å². The van der Waals surface area contributed by atoms with Crippen LogP contribution in [0.15, 0.2) is 54.5 Å². The number of carbonyl (C=O) groups excluding carboxylic acids is 1. The number of alkyl halides is 3. The predicted molar refractivity (Wildman–Crippen MR) is 124 cm³/mol. The highest BCUT2D eigenvalue weighted by Crippen LogP contribution is 2.28. The number of amides is 2. The molecule has 7 nitrogen and oxygen atoms in total. The second-order valence-corrected chi connectivity index (χ2v) is 8.09. The summed E-state index contributed by atoms with van der Waals surface area (Å²) in [5.41, 5.74) is 3.20. The minimum absolute atomic E-state index is 0.226. The van der Waals surface area contributed by atoms with E-state index >= 15 is 0 Å². The van der Waals surface area contributed by atoms with E-state index in [1.54, 1.807) is 44.5 Å². The Morgan fingerprint density at radius 3 is 2.68 bits per heavy atom. The molecule has 0 unspecified atom stereocenters. The van der Waals surface area contributed by atoms with Crippen molar-refractivity contribution in [3.63, 3.8) is 0 Å². The van der Waals surface area contributed by atoms with Crippen molar-refractivity contribution in [3.8, 4) is 17.1 Å². The second kappa shape index (κ2) is 10.1. The van der Waals surface area contributed by atoms with Gasteiger partial charge in [0.15, 0.2) is 5.65 Å². The van der Waals surface area contributed by atoms with Gasteiger partial charge in [-0.1, -0.05) is 29.8 Å². The van der Waals surface area contributed by atoms with Gasteiger partial charge in [0.05, 0.1) is 18.8 Å². The third-order valence-electron chi connectivity index (χ3n) is 5.40. The average Bonchev–Trinajstić information content (AvgIpc) is 3.26. The molecule has 0 saturated carbocycles. The Hall–Kier alpha value is -3.56. The van der Waals surface area contributed by atoms with Crippen molar-refractivity contribution in [3.05, 3.63) is 60.1 Å². The molecule has 10 heteroatoms. The Kier molecular flexibility index (Phi) is 7.48. The summed E-state index contributed by atoms with van der Waals surface area (Å²) in [7, 11) is 1.51. The van der Waals surface area contributed by atoms with E-state index in [1.807, 2.05) is 30.5 Å². The Balaban J connectivity index is 1.89. The van der Waals surface area contributed by atoms with E-state index < -0.39 is 24.3 Å². The summed E-state index contributed by atoms with van der Waals surface area (Å²) in [6.45, 7) is 6.84. The number of aromatic nitrogens is 3. The van der Waals surface area contributed by atoms with Crippen molar-refractivity contribution < 1.29 is 22.7 Å². The maximum atomic E-state index is 13.4. The molecule has 1 N–H and O–H groups in total. The highest BCUT2D eigenvalue weighted by molar-refractivity contribution is 5.75. The summed E-state index contributed by atoms with van der Waals surface area (Å²) >= 11 is 0. The first-order chi connectivity index (χ1) is 16.0. The zero-order chi connectivity index (χ0) is 25.0. The normalized spacial score (nSPS) is 13.3. The second-order valence-electron chi connectivity index (χ2n) is 8.09. The van der Waals surface area contributed by atoms with Gasteiger partial charge in [-0.3, -0.25) is 0 Å². The summed E-state index contributed by atoms with van der Waals surface area (Å²) in [5, 5.41) is 2.11. The molecule has 2 heterocycles. The summed E-state index contributed by atoms with van der Waals surface area (Å²) in [6.07, 6.45) is 1.64. The topological polar surface area (TPSA) is 71.8 Å². The number of rotatable bonds is 7. The summed E-state index contributed by atoms with van der Waals surface area (Å²) in [5.74, 6) is 0.368. The van der Waals surface area contributed by atoms with Crippen LogP contribution in [0.25, 0.3) is 16.9 Å². The monoisotopic (exact) mass is 475 g/mol. The maximum absolute atomic E-state index is 13.4. The van der Waals surface area contributed by atoms with Gasteiger partial charge >= 0.3 is 12.2 Å². The fraction of sp³-hybridized carbons (Fsp3) is 0.375. The van der Waals surface area contributed by atoms with Gasteiger partial charge in [-0.15, -0.1) is 0 Å². The van der Waals surface area contributed by atoms with E-state index in [0.29, 0.717) is 22.8 Å². The summed E-state index contributed by atoms with van der Waals surface area (Å²) in [4.78, 5) is 22.9. The van der Waals surface area contributed by atoms with Crippen molar-refractivity contribution in [1.82, 2.24) is 24.6 Å². The van der Waals surface area contributed by atoms with Gasteiger partial charge in [0.25, 0.3) is 5.88 Å². The first kappa shape index (κ1) is 25.1. The molecule has 2 aromatic heterocycles. The molecule has 2 atom stereocenters. The largest absolute Gasteiger partial charge is 0.478 e. The molecule has 0 saturated heterocycles. The molecule has 3 aromatic rings. The van der Waals surface area contributed by atoms with Crippen LogP contribution in [0.3, 0.4) is 0 Å². The number of halogens is 3. The molecule has 0 radical (unpaired) electrons. The minimum atomic E-state index is -4.59. The molecule has 0 fully saturated rings. The first-order valence-electron chi connectivity index (χ1n) is 10.8. The van der Waals surface area contributed by atoms with E-state index in [2.05, 4.69) is 15.3 Å². The zero-order valence-corrected chi connectivity index (χ0v) is 19.7. The van der Waals surface area contributed by atoms with Crippen LogP contribution in [0.4, 0.5) is 18.0 Å². The summed E-state index contributed by atoms with van der Waals surface area (Å²) < 4.78 is 47.4. The van der Waals surface area contributed by atoms with Gasteiger partial charge in [-0.25, -0.2) is 14.8 Å². The SMILES string of the molecule is CCN(C(=O)N[C@@H](C=C(C)C)C(F)(F)F)[C@H](C)c1cccc(-c2cn3ccnc3c(OC)n2)c1. The lowest BCUT2D eigenvalue weighted by Gasteiger charge is -2.31. The van der Waals surface area contributed by atoms with Gasteiger partial charge in [0, 0.05) is 30.7 Å². The van der Waals surface area contributed by atoms with E-state index in [0.717, 1.165) is 17.2 Å². The van der Waals surface area contributed by atoms with Gasteiger partial charge < -0.3 is 19.4 Å². The third-order valence-corrected chi connectivity index (χ3v) is 5.40. The van der Waals surface area contributed by atoms with Crippen molar-refractivity contribution in [1.29, 1.82) is 0 Å². The number of nitrogens with zero attached hydrogens (tertiary/aromatic N) is 4. The number of methoxy groups -OCH3 is 1. The lowest BCUT2D eigenvalue weighted by atomic mass is 10.0. The average molecular weight is 476 g/mol. The Bertz CT molecular complexity index is 1180. The quantitative estimate of drug-likeness (QED) is 0.465. The number of hydrogen-bond acceptors (Lipinski definition) is 4. The maximum Gasteiger partial charge on any atom is 0.412 e. The standard InChI is InChI=1S/C24H28F3N5O2/c1-6-32(23(33)30-20(12-15(2)3)24(25,26)27)16(4)17-8-7-9-18(13-17)19-14-31-11-10-28-21(31)22(29-19)34-5/h7-14,16,20H,6H2,1-5H3,(H,30,33)/t16-,20+/m1/s1. The van der Waals surface area contributed by atoms with Crippen LogP contribution in [0, 0.1) is 0 Å². The molecule has 0 aliphatic rings. The molecule has 0 bridgehead atoms. The highest BCUT2D eigenvalue weighted by atomic mass is 19.4. The van der Waals surface area contributed by atoms with Crippen LogP contribution in [-0.2, 0) is 0 Å². The van der Waals surface area contributed by atoms with Gasteiger partial charge in [-0.2, -0.15) is 13.2 Å². The molecular weight excluding hydrogens is 447 g/mol. The van der Waals surface area contributed by atoms with Crippen molar-refractivity contribution in [2.45, 2.75) is 46.0 Å². The fourth-order valence-corrected chi connectivity index (χ4v) is 3.68. The van der Waals surface area contributed by atoms with Gasteiger partial charge in [0.1, 0.15) is 6.04 Å². The number of imidazole rings is 1. The minimum Gasteiger partial charge on any atom is -0.478 e. The molecule has 182 valence electrons. The molecular formula is C24H28F3N5O2. The Morgan fingerprint density at radius 1 is 1.32 bits per heavy atom. The van der Waals surface area contributed by atoms with Crippen LogP contribution in [0.1, 0.15) is 39.3 Å². The lowest BCUT2D eigenvalue weighted by molar-refractivity contribution is -0.142. The lowest BCUT2D eigenvalue weighted by Crippen LogP contribution is -2.50. The Morgan fingerprint density at radius 2 is 2.06 bits per heavy atom. The molecule has 0 aliphatic carbocycles. The number of fused-ring (bicyclic) bond motifs is 1. The van der Waals surface area contributed by atoms with Crippen LogP contribution in [0.5, 0.6) is 5.88 Å². The molecule has 2 amide bonds. The molecule has 0 spiro atoms. The van der Waals surface area contributed by atoms with Crippen LogP contribution in [-0.4, -0.2) is 51.2 Å². The number of hydrogen-bond donors (Lipinski definition) is 1. The van der Waals surface area contributed by atoms with Crippen LogP contribution in [0.2, 0.25) is 0 Å². The number of urea groups is 1. The van der Waals surface area contributed by atoms with Crippen molar-refractivity contribution in [2.75, 3.05) is 13.7 Å². The highest BCUT2D eigenvalue weighted by Gasteiger charge is 2.40. The number of benzene rings is 1. The fourth-order valence-electron chi connectivity index (χ4n) is 3.68.